The maximum Gasteiger partial charge on any atom is 0.165 e. The van der Waals surface area contributed by atoms with Crippen molar-refractivity contribution in [2.75, 3.05) is 7.11 Å². The molecule has 0 unspecified atom stereocenters. The molecule has 0 saturated carbocycles. The fraction of sp³-hybridized carbons (Fsp3) is 0.0714. The van der Waals surface area contributed by atoms with Gasteiger partial charge in [-0.1, -0.05) is 46.3 Å². The van der Waals surface area contributed by atoms with E-state index in [1.165, 1.54) is 0 Å². The Bertz CT molecular complexity index is 483. The molecule has 0 spiro atoms. The van der Waals surface area contributed by atoms with Gasteiger partial charge in [-0.2, -0.15) is 0 Å². The zero-order chi connectivity index (χ0) is 12.1. The van der Waals surface area contributed by atoms with E-state index >= 15 is 0 Å². The lowest BCUT2D eigenvalue weighted by molar-refractivity contribution is 0.361. The van der Waals surface area contributed by atoms with E-state index < -0.39 is 0 Å². The molecule has 0 aromatic heterocycles. The summed E-state index contributed by atoms with van der Waals surface area (Å²) in [4.78, 5) is 0. The standard InChI is InChI=1S/C14H12BrO2/c1-16-13-8-7-12(15)9-14(13)17-10-11-5-3-2-4-6-11/h2-10H,1H3. The van der Waals surface area contributed by atoms with Crippen molar-refractivity contribution in [2.45, 2.75) is 0 Å². The van der Waals surface area contributed by atoms with Gasteiger partial charge >= 0.3 is 0 Å². The number of benzene rings is 2. The van der Waals surface area contributed by atoms with E-state index in [0.717, 1.165) is 10.0 Å². The minimum absolute atomic E-state index is 0.686. The summed E-state index contributed by atoms with van der Waals surface area (Å²) in [6, 6.07) is 15.5. The summed E-state index contributed by atoms with van der Waals surface area (Å²) in [5.74, 6) is 1.39. The highest BCUT2D eigenvalue weighted by Crippen LogP contribution is 2.31. The van der Waals surface area contributed by atoms with Crippen LogP contribution in [0.2, 0.25) is 0 Å². The van der Waals surface area contributed by atoms with Crippen LogP contribution in [0.1, 0.15) is 5.56 Å². The summed E-state index contributed by atoms with van der Waals surface area (Å²) in [6.07, 6.45) is 0. The fourth-order valence-electron chi connectivity index (χ4n) is 1.41. The molecule has 0 bridgehead atoms. The van der Waals surface area contributed by atoms with Gasteiger partial charge in [0.25, 0.3) is 0 Å². The Morgan fingerprint density at radius 2 is 1.76 bits per heavy atom. The van der Waals surface area contributed by atoms with Crippen molar-refractivity contribution in [3.05, 3.63) is 65.2 Å². The van der Waals surface area contributed by atoms with Gasteiger partial charge in [0.1, 0.15) is 0 Å². The van der Waals surface area contributed by atoms with Gasteiger partial charge in [-0.3, -0.25) is 0 Å². The SMILES string of the molecule is COc1ccc(Br)cc1O[CH]c1ccccc1. The Kier molecular flexibility index (Phi) is 4.04. The van der Waals surface area contributed by atoms with E-state index in [2.05, 4.69) is 15.9 Å². The van der Waals surface area contributed by atoms with Crippen molar-refractivity contribution in [2.24, 2.45) is 0 Å². The molecule has 0 fully saturated rings. The van der Waals surface area contributed by atoms with Gasteiger partial charge in [0.2, 0.25) is 0 Å². The van der Waals surface area contributed by atoms with Gasteiger partial charge in [0, 0.05) is 4.47 Å². The van der Waals surface area contributed by atoms with Crippen LogP contribution in [0, 0.1) is 6.61 Å². The van der Waals surface area contributed by atoms with Crippen molar-refractivity contribution in [3.63, 3.8) is 0 Å². The Morgan fingerprint density at radius 3 is 2.47 bits per heavy atom. The van der Waals surface area contributed by atoms with E-state index in [0.29, 0.717) is 11.5 Å². The minimum atomic E-state index is 0.686. The van der Waals surface area contributed by atoms with E-state index in [1.807, 2.05) is 48.5 Å². The second-order valence-electron chi connectivity index (χ2n) is 3.44. The topological polar surface area (TPSA) is 18.5 Å². The Labute approximate surface area is 109 Å². The average molecular weight is 292 g/mol. The summed E-state index contributed by atoms with van der Waals surface area (Å²) in [5.41, 5.74) is 1.01. The zero-order valence-electron chi connectivity index (χ0n) is 9.39. The molecule has 17 heavy (non-hydrogen) atoms. The largest absolute Gasteiger partial charge is 0.493 e. The maximum atomic E-state index is 5.61. The number of hydrogen-bond acceptors (Lipinski definition) is 2. The highest BCUT2D eigenvalue weighted by molar-refractivity contribution is 9.10. The van der Waals surface area contributed by atoms with Crippen LogP contribution in [0.5, 0.6) is 11.5 Å². The first kappa shape index (κ1) is 12.0. The lowest BCUT2D eigenvalue weighted by Crippen LogP contribution is -1.95. The first-order valence-corrected chi connectivity index (χ1v) is 5.97. The third-order valence-corrected chi connectivity index (χ3v) is 2.74. The smallest absolute Gasteiger partial charge is 0.165 e. The summed E-state index contributed by atoms with van der Waals surface area (Å²) >= 11 is 3.40. The van der Waals surface area contributed by atoms with Gasteiger partial charge in [-0.15, -0.1) is 0 Å². The van der Waals surface area contributed by atoms with Crippen molar-refractivity contribution in [1.82, 2.24) is 0 Å². The molecule has 0 atom stereocenters. The quantitative estimate of drug-likeness (QED) is 0.846. The number of ether oxygens (including phenoxy) is 2. The first-order valence-electron chi connectivity index (χ1n) is 5.18. The van der Waals surface area contributed by atoms with Crippen LogP contribution < -0.4 is 9.47 Å². The van der Waals surface area contributed by atoms with Crippen molar-refractivity contribution >= 4 is 15.9 Å². The lowest BCUT2D eigenvalue weighted by Gasteiger charge is -2.10. The number of methoxy groups -OCH3 is 1. The zero-order valence-corrected chi connectivity index (χ0v) is 11.0. The molecule has 0 aliphatic carbocycles. The summed E-state index contributed by atoms with van der Waals surface area (Å²) in [5, 5.41) is 0. The highest BCUT2D eigenvalue weighted by atomic mass is 79.9. The molecule has 87 valence electrons. The van der Waals surface area contributed by atoms with E-state index in [4.69, 9.17) is 9.47 Å². The molecule has 2 rings (SSSR count). The van der Waals surface area contributed by atoms with Crippen molar-refractivity contribution < 1.29 is 9.47 Å². The highest BCUT2D eigenvalue weighted by Gasteiger charge is 2.05. The number of hydrogen-bond donors (Lipinski definition) is 0. The predicted molar refractivity (Wildman–Crippen MR) is 71.2 cm³/mol. The molecule has 0 aliphatic heterocycles. The monoisotopic (exact) mass is 291 g/mol. The van der Waals surface area contributed by atoms with Crippen LogP contribution in [-0.4, -0.2) is 7.11 Å². The minimum Gasteiger partial charge on any atom is -0.493 e. The fourth-order valence-corrected chi connectivity index (χ4v) is 1.75. The van der Waals surface area contributed by atoms with Crippen LogP contribution in [0.4, 0.5) is 0 Å². The van der Waals surface area contributed by atoms with Gasteiger partial charge < -0.3 is 9.47 Å². The lowest BCUT2D eigenvalue weighted by atomic mass is 10.2. The molecule has 2 nitrogen and oxygen atoms in total. The second-order valence-corrected chi connectivity index (χ2v) is 4.36. The molecule has 1 radical (unpaired) electrons. The Morgan fingerprint density at radius 1 is 1.00 bits per heavy atom. The molecule has 0 aliphatic rings. The van der Waals surface area contributed by atoms with Gasteiger partial charge in [0.15, 0.2) is 18.1 Å². The van der Waals surface area contributed by atoms with E-state index in [9.17, 15) is 0 Å². The van der Waals surface area contributed by atoms with E-state index in [1.54, 1.807) is 13.7 Å². The third-order valence-electron chi connectivity index (χ3n) is 2.25. The van der Waals surface area contributed by atoms with Crippen LogP contribution in [0.3, 0.4) is 0 Å². The number of halogens is 1. The predicted octanol–water partition coefficient (Wildman–Crippen LogP) is 4.05. The van der Waals surface area contributed by atoms with Gasteiger partial charge in [0.05, 0.1) is 7.11 Å². The second kappa shape index (κ2) is 5.73. The normalized spacial score (nSPS) is 10.0. The molecule has 2 aromatic carbocycles. The molecule has 3 heteroatoms. The molecular formula is C14H12BrO2. The average Bonchev–Trinajstić information content (AvgIpc) is 2.38. The van der Waals surface area contributed by atoms with E-state index in [-0.39, 0.29) is 0 Å². The summed E-state index contributed by atoms with van der Waals surface area (Å²) < 4.78 is 11.8. The first-order chi connectivity index (χ1) is 8.29. The molecular weight excluding hydrogens is 280 g/mol. The number of rotatable bonds is 4. The van der Waals surface area contributed by atoms with Crippen LogP contribution in [0.15, 0.2) is 53.0 Å². The van der Waals surface area contributed by atoms with Crippen LogP contribution in [-0.2, 0) is 0 Å². The Balaban J connectivity index is 2.11. The molecule has 0 saturated heterocycles. The molecule has 0 amide bonds. The van der Waals surface area contributed by atoms with Crippen LogP contribution in [0.25, 0.3) is 0 Å². The molecule has 2 aromatic rings. The van der Waals surface area contributed by atoms with Crippen molar-refractivity contribution in [1.29, 1.82) is 0 Å². The Hall–Kier alpha value is -1.48. The third kappa shape index (κ3) is 3.24. The maximum absolute atomic E-state index is 5.61. The van der Waals surface area contributed by atoms with Gasteiger partial charge in [-0.25, -0.2) is 0 Å². The van der Waals surface area contributed by atoms with Crippen molar-refractivity contribution in [3.8, 4) is 11.5 Å². The summed E-state index contributed by atoms with van der Waals surface area (Å²) in [6.45, 7) is 1.70. The molecule has 0 N–H and O–H groups in total. The van der Waals surface area contributed by atoms with Gasteiger partial charge in [-0.05, 0) is 23.8 Å². The molecule has 0 heterocycles. The van der Waals surface area contributed by atoms with Crippen LogP contribution >= 0.6 is 15.9 Å². The summed E-state index contributed by atoms with van der Waals surface area (Å²) in [7, 11) is 1.62.